The zero-order chi connectivity index (χ0) is 15.5. The van der Waals surface area contributed by atoms with Crippen LogP contribution < -0.4 is 5.32 Å². The fraction of sp³-hybridized carbons (Fsp3) is 0.462. The van der Waals surface area contributed by atoms with E-state index in [9.17, 15) is 18.7 Å². The van der Waals surface area contributed by atoms with E-state index in [-0.39, 0.29) is 6.54 Å². The normalized spacial score (nSPS) is 14.2. The van der Waals surface area contributed by atoms with Crippen LogP contribution in [0.4, 0.5) is 14.5 Å². The number of hydrogen-bond acceptors (Lipinski definition) is 4. The Morgan fingerprint density at radius 3 is 2.25 bits per heavy atom. The summed E-state index contributed by atoms with van der Waals surface area (Å²) in [5.41, 5.74) is -2.10. The van der Waals surface area contributed by atoms with E-state index in [1.807, 2.05) is 0 Å². The van der Waals surface area contributed by atoms with Crippen molar-refractivity contribution in [2.75, 3.05) is 32.5 Å². The van der Waals surface area contributed by atoms with Gasteiger partial charge in [-0.3, -0.25) is 0 Å². The molecule has 0 bridgehead atoms. The van der Waals surface area contributed by atoms with Crippen molar-refractivity contribution in [2.45, 2.75) is 12.5 Å². The van der Waals surface area contributed by atoms with Crippen LogP contribution in [-0.4, -0.2) is 53.9 Å². The molecule has 5 nitrogen and oxygen atoms in total. The molecule has 1 aromatic rings. The van der Waals surface area contributed by atoms with Crippen LogP contribution in [0.15, 0.2) is 12.1 Å². The summed E-state index contributed by atoms with van der Waals surface area (Å²) in [5.74, 6) is -3.43. The van der Waals surface area contributed by atoms with Crippen molar-refractivity contribution in [3.63, 3.8) is 0 Å². The van der Waals surface area contributed by atoms with Gasteiger partial charge >= 0.3 is 5.97 Å². The third-order valence-corrected chi connectivity index (χ3v) is 2.59. The molecule has 0 aliphatic heterocycles. The summed E-state index contributed by atoms with van der Waals surface area (Å²) in [6.07, 6.45) is 0. The molecule has 0 fully saturated rings. The van der Waals surface area contributed by atoms with Gasteiger partial charge in [0.05, 0.1) is 11.2 Å². The van der Waals surface area contributed by atoms with Gasteiger partial charge in [0.15, 0.2) is 0 Å². The highest BCUT2D eigenvalue weighted by atomic mass is 19.1. The number of carbonyl (C=O) groups is 1. The van der Waals surface area contributed by atoms with Crippen LogP contribution in [0.1, 0.15) is 17.3 Å². The Hall–Kier alpha value is -1.73. The number of likely N-dealkylation sites (N-methyl/N-ethyl adjacent to an activating group) is 1. The lowest BCUT2D eigenvalue weighted by molar-refractivity contribution is 0.0458. The Morgan fingerprint density at radius 2 is 1.85 bits per heavy atom. The SMILES string of the molecule is CN(C)CC(C)(O)CNc1c(F)cc(C(=O)O)cc1F. The predicted molar refractivity (Wildman–Crippen MR) is 71.0 cm³/mol. The first-order valence-corrected chi connectivity index (χ1v) is 5.96. The smallest absolute Gasteiger partial charge is 0.335 e. The number of nitrogens with zero attached hydrogens (tertiary/aromatic N) is 1. The first-order valence-electron chi connectivity index (χ1n) is 5.96. The number of aromatic carboxylic acids is 1. The number of hydrogen-bond donors (Lipinski definition) is 3. The molecule has 7 heteroatoms. The third-order valence-electron chi connectivity index (χ3n) is 2.59. The van der Waals surface area contributed by atoms with Crippen molar-refractivity contribution in [1.29, 1.82) is 0 Å². The average Bonchev–Trinajstić information content (AvgIpc) is 2.25. The molecule has 0 spiro atoms. The number of benzene rings is 1. The molecule has 3 N–H and O–H groups in total. The van der Waals surface area contributed by atoms with E-state index in [1.165, 1.54) is 6.92 Å². The summed E-state index contributed by atoms with van der Waals surface area (Å²) in [6, 6.07) is 1.46. The summed E-state index contributed by atoms with van der Waals surface area (Å²) < 4.78 is 27.3. The highest BCUT2D eigenvalue weighted by Crippen LogP contribution is 2.21. The van der Waals surface area contributed by atoms with E-state index in [0.29, 0.717) is 6.54 Å². The minimum absolute atomic E-state index is 0.0779. The molecule has 1 unspecified atom stereocenters. The number of nitrogens with one attached hydrogen (secondary N) is 1. The molecule has 20 heavy (non-hydrogen) atoms. The van der Waals surface area contributed by atoms with Gasteiger partial charge in [-0.1, -0.05) is 0 Å². The summed E-state index contributed by atoms with van der Waals surface area (Å²) in [7, 11) is 3.52. The molecular weight excluding hydrogens is 270 g/mol. The second-order valence-electron chi connectivity index (χ2n) is 5.21. The minimum atomic E-state index is -1.41. The minimum Gasteiger partial charge on any atom is -0.478 e. The lowest BCUT2D eigenvalue weighted by atomic mass is 10.1. The van der Waals surface area contributed by atoms with Crippen molar-refractivity contribution >= 4 is 11.7 Å². The Bertz CT molecular complexity index is 481. The summed E-state index contributed by atoms with van der Waals surface area (Å²) >= 11 is 0. The standard InChI is InChI=1S/C13H18F2N2O3/c1-13(20,7-17(2)3)6-16-11-9(14)4-8(12(18)19)5-10(11)15/h4-5,16,20H,6-7H2,1-3H3,(H,18,19). The molecule has 0 heterocycles. The van der Waals surface area contributed by atoms with E-state index in [4.69, 9.17) is 5.11 Å². The highest BCUT2D eigenvalue weighted by molar-refractivity contribution is 5.88. The van der Waals surface area contributed by atoms with Crippen LogP contribution >= 0.6 is 0 Å². The van der Waals surface area contributed by atoms with Gasteiger partial charge in [-0.25, -0.2) is 13.6 Å². The van der Waals surface area contributed by atoms with Crippen molar-refractivity contribution in [3.8, 4) is 0 Å². The van der Waals surface area contributed by atoms with Crippen LogP contribution in [-0.2, 0) is 0 Å². The summed E-state index contributed by atoms with van der Waals surface area (Å²) in [6.45, 7) is 1.75. The maximum absolute atomic E-state index is 13.7. The average molecular weight is 288 g/mol. The third kappa shape index (κ3) is 4.43. The van der Waals surface area contributed by atoms with E-state index in [0.717, 1.165) is 12.1 Å². The molecular formula is C13H18F2N2O3. The fourth-order valence-corrected chi connectivity index (χ4v) is 1.88. The molecule has 0 aliphatic rings. The van der Waals surface area contributed by atoms with E-state index in [1.54, 1.807) is 19.0 Å². The first kappa shape index (κ1) is 16.3. The molecule has 0 amide bonds. The van der Waals surface area contributed by atoms with Gasteiger partial charge in [-0.05, 0) is 33.2 Å². The van der Waals surface area contributed by atoms with Crippen LogP contribution in [0.2, 0.25) is 0 Å². The fourth-order valence-electron chi connectivity index (χ4n) is 1.88. The highest BCUT2D eigenvalue weighted by Gasteiger charge is 2.23. The Morgan fingerprint density at radius 1 is 1.35 bits per heavy atom. The monoisotopic (exact) mass is 288 g/mol. The van der Waals surface area contributed by atoms with Gasteiger partial charge in [0, 0.05) is 13.1 Å². The van der Waals surface area contributed by atoms with Gasteiger partial charge in [-0.2, -0.15) is 0 Å². The number of carboxylic acid groups (broad SMARTS) is 1. The molecule has 0 saturated carbocycles. The summed E-state index contributed by atoms with van der Waals surface area (Å²) in [5, 5.41) is 21.2. The quantitative estimate of drug-likeness (QED) is 0.737. The maximum atomic E-state index is 13.7. The largest absolute Gasteiger partial charge is 0.478 e. The number of halogens is 2. The topological polar surface area (TPSA) is 72.8 Å². The second-order valence-corrected chi connectivity index (χ2v) is 5.21. The lowest BCUT2D eigenvalue weighted by Gasteiger charge is -2.27. The van der Waals surface area contributed by atoms with Gasteiger partial charge in [0.25, 0.3) is 0 Å². The Balaban J connectivity index is 2.86. The number of carboxylic acids is 1. The van der Waals surface area contributed by atoms with Crippen LogP contribution in [0.25, 0.3) is 0 Å². The molecule has 112 valence electrons. The Kier molecular flexibility index (Phi) is 5.02. The maximum Gasteiger partial charge on any atom is 0.335 e. The number of aliphatic hydroxyl groups is 1. The van der Waals surface area contributed by atoms with Crippen molar-refractivity contribution < 1.29 is 23.8 Å². The van der Waals surface area contributed by atoms with Crippen molar-refractivity contribution in [1.82, 2.24) is 4.90 Å². The zero-order valence-electron chi connectivity index (χ0n) is 11.6. The van der Waals surface area contributed by atoms with Crippen LogP contribution in [0.3, 0.4) is 0 Å². The van der Waals surface area contributed by atoms with E-state index in [2.05, 4.69) is 5.32 Å². The van der Waals surface area contributed by atoms with Gasteiger partial charge in [-0.15, -0.1) is 0 Å². The van der Waals surface area contributed by atoms with Gasteiger partial charge < -0.3 is 20.4 Å². The molecule has 1 rings (SSSR count). The van der Waals surface area contributed by atoms with Crippen molar-refractivity contribution in [2.24, 2.45) is 0 Å². The van der Waals surface area contributed by atoms with Crippen LogP contribution in [0, 0.1) is 11.6 Å². The molecule has 0 radical (unpaired) electrons. The molecule has 0 saturated heterocycles. The molecule has 0 aromatic heterocycles. The van der Waals surface area contributed by atoms with Gasteiger partial charge in [0.1, 0.15) is 17.3 Å². The lowest BCUT2D eigenvalue weighted by Crippen LogP contribution is -2.43. The number of rotatable bonds is 6. The zero-order valence-corrected chi connectivity index (χ0v) is 11.6. The summed E-state index contributed by atoms with van der Waals surface area (Å²) in [4.78, 5) is 12.4. The van der Waals surface area contributed by atoms with Crippen LogP contribution in [0.5, 0.6) is 0 Å². The van der Waals surface area contributed by atoms with E-state index < -0.39 is 34.5 Å². The predicted octanol–water partition coefficient (Wildman–Crippen LogP) is 1.39. The molecule has 1 aromatic carbocycles. The first-order chi connectivity index (χ1) is 9.12. The van der Waals surface area contributed by atoms with Crippen molar-refractivity contribution in [3.05, 3.63) is 29.3 Å². The Labute approximate surface area is 115 Å². The second kappa shape index (κ2) is 6.15. The van der Waals surface area contributed by atoms with Gasteiger partial charge in [0.2, 0.25) is 0 Å². The van der Waals surface area contributed by atoms with E-state index >= 15 is 0 Å². The number of anilines is 1. The molecule has 1 atom stereocenters. The molecule has 0 aliphatic carbocycles.